The highest BCUT2D eigenvalue weighted by atomic mass is 35.5. The number of carbonyl (C=O) groups excluding carboxylic acids is 5. The first-order valence-electron chi connectivity index (χ1n) is 44.4. The van der Waals surface area contributed by atoms with Gasteiger partial charge in [0.1, 0.15) is 28.4 Å². The molecule has 0 bridgehead atoms. The van der Waals surface area contributed by atoms with Gasteiger partial charge in [0.2, 0.25) is 0 Å². The van der Waals surface area contributed by atoms with E-state index in [0.29, 0.717) is 99.5 Å². The Bertz CT molecular complexity index is 5990. The average molecular weight is 2000 g/mol. The fraction of sp³-hybridized carbons (Fsp3) is 0.522. The van der Waals surface area contributed by atoms with Crippen molar-refractivity contribution in [2.75, 3.05) is 121 Å². The SMILES string of the molecule is CN1CCn2c(ccc2C(F)(F)C(F)(F)F)C12CCN(C(=O)c1ccc(S(=O)(=O)C3CC3)cc1)CC2.COc1cc(C(=O)N2CCC3(CC2)c2ccc(Cl)n2CCN3C)ccc1OCCOC(F)(F)F.C[C@H]1Cn2c(C(=O)C(F)(F)F)ccc2C2(CCN(C(=O)c3ccc(S(=O)(=O)C(F)(F)F)cc3)CC2)N1C.Cc1nc(C(=O)N2CCC3(CC2)c2ccc(Cl)n2CCN3C)ccc1OC(C)C. The number of fused-ring (bicyclic) bond motifs is 8. The number of benzene rings is 3. The molecule has 9 aliphatic rings. The molecule has 0 unspecified atom stereocenters. The van der Waals surface area contributed by atoms with Crippen molar-refractivity contribution in [1.82, 2.24) is 62.5 Å². The van der Waals surface area contributed by atoms with Gasteiger partial charge in [-0.2, -0.15) is 48.3 Å². The first kappa shape index (κ1) is 102. The molecule has 8 aliphatic heterocycles. The molecule has 136 heavy (non-hydrogen) atoms. The number of rotatable bonds is 16. The maximum absolute atomic E-state index is 14.2. The van der Waals surface area contributed by atoms with Gasteiger partial charge in [-0.15, -0.1) is 13.2 Å². The number of ether oxygens (including phenoxy) is 4. The zero-order chi connectivity index (χ0) is 98.9. The number of hydrogen-bond acceptors (Lipinski definition) is 18. The third-order valence-electron chi connectivity index (χ3n) is 28.1. The van der Waals surface area contributed by atoms with Crippen LogP contribution in [0.4, 0.5) is 61.5 Å². The van der Waals surface area contributed by atoms with Crippen LogP contribution < -0.4 is 14.2 Å². The molecule has 3 aromatic carbocycles. The van der Waals surface area contributed by atoms with Crippen LogP contribution in [-0.4, -0.2) is 271 Å². The second kappa shape index (κ2) is 38.8. The lowest BCUT2D eigenvalue weighted by atomic mass is 9.80. The smallest absolute Gasteiger partial charge is 0.493 e. The van der Waals surface area contributed by atoms with Crippen LogP contribution in [0.5, 0.6) is 17.2 Å². The number of alkyl halides is 14. The summed E-state index contributed by atoms with van der Waals surface area (Å²) in [5.74, 6) is -6.57. The van der Waals surface area contributed by atoms with Crippen LogP contribution in [-0.2, 0) is 78.7 Å². The monoisotopic (exact) mass is 2000 g/mol. The standard InChI is InChI=1S/C24H26F5N3O3S.C23H27ClF3N3O4.C23H23F6N3O4S.C22H29ClN4O2/c1-30-14-15-32-19(8-9-20(32)23(25,26)24(27,28)29)22(30)10-12-31(13-11-22)21(33)16-2-4-17(5-3-16)36(34,35)18-6-7-18;1-28-11-12-30-19(5-6-20(30)24)22(28)7-9-29(10-8-22)21(31)16-3-4-17(18(15-16)32-2)33-13-14-34-23(25,26)27;1-14-13-32-17(19(33)22(24,25)26)7-8-18(32)21(30(14)2)9-11-31(12-10-21)20(34)15-3-5-16(6-4-15)37(35,36)23(27,28)29;1-15(2)29-18-6-5-17(24-16(18)3)21(28)26-11-9-22(10-12-26)19-7-8-20(23)27(19)14-13-25(22)4/h2-5,8-9,18H,6-7,10-15H2,1H3;3-6,15H,7-14H2,1-2H3;3-8,14H,9-13H2,1-2H3;5-8,15H,9-14H2,1-4H3/t;;14-;/m..0./s1. The Kier molecular flexibility index (Phi) is 29.1. The highest BCUT2D eigenvalue weighted by molar-refractivity contribution is 7.92. The van der Waals surface area contributed by atoms with Crippen LogP contribution >= 0.6 is 23.2 Å². The van der Waals surface area contributed by atoms with Crippen LogP contribution in [0.3, 0.4) is 0 Å². The third kappa shape index (κ3) is 19.8. The summed E-state index contributed by atoms with van der Waals surface area (Å²) in [6.45, 7) is 14.4. The molecule has 0 radical (unpaired) electrons. The third-order valence-corrected chi connectivity index (χ3v) is 32.5. The Morgan fingerprint density at radius 3 is 1.32 bits per heavy atom. The highest BCUT2D eigenvalue weighted by Gasteiger charge is 2.62. The van der Waals surface area contributed by atoms with Gasteiger partial charge in [-0.05, 0) is 247 Å². The Morgan fingerprint density at radius 1 is 0.471 bits per heavy atom. The molecule has 4 amide bonds. The Balaban J connectivity index is 0.000000146. The average Bonchev–Trinajstić information content (AvgIpc) is 1.50. The number of pyridine rings is 1. The fourth-order valence-corrected chi connectivity index (χ4v) is 23.1. The van der Waals surface area contributed by atoms with E-state index in [9.17, 15) is 102 Å². The fourth-order valence-electron chi connectivity index (χ4n) is 20.2. The van der Waals surface area contributed by atoms with E-state index in [1.807, 2.05) is 79.6 Å². The number of sulfone groups is 2. The molecular formula is C92H105Cl2F14N13O13S2. The van der Waals surface area contributed by atoms with Crippen LogP contribution in [0.15, 0.2) is 137 Å². The molecule has 5 fully saturated rings. The van der Waals surface area contributed by atoms with Crippen molar-refractivity contribution in [3.63, 3.8) is 0 Å². The van der Waals surface area contributed by atoms with E-state index < -0.39 is 95.5 Å². The molecule has 13 heterocycles. The van der Waals surface area contributed by atoms with Crippen molar-refractivity contribution in [2.24, 2.45) is 0 Å². The van der Waals surface area contributed by atoms with Crippen molar-refractivity contribution in [1.29, 1.82) is 0 Å². The molecule has 4 saturated heterocycles. The van der Waals surface area contributed by atoms with E-state index in [2.05, 4.69) is 54.9 Å². The van der Waals surface area contributed by atoms with Crippen LogP contribution in [0.25, 0.3) is 0 Å². The van der Waals surface area contributed by atoms with E-state index in [1.54, 1.807) is 23.1 Å². The minimum Gasteiger partial charge on any atom is -0.493 e. The van der Waals surface area contributed by atoms with E-state index in [-0.39, 0.29) is 114 Å². The number of methoxy groups -OCH3 is 1. The van der Waals surface area contributed by atoms with Gasteiger partial charge in [0.05, 0.1) is 74.1 Å². The van der Waals surface area contributed by atoms with Crippen molar-refractivity contribution in [3.05, 3.63) is 200 Å². The molecule has 1 aliphatic carbocycles. The molecule has 8 aromatic rings. The van der Waals surface area contributed by atoms with Crippen LogP contribution in [0.2, 0.25) is 10.3 Å². The van der Waals surface area contributed by atoms with Crippen molar-refractivity contribution in [3.8, 4) is 17.2 Å². The number of carbonyl (C=O) groups is 5. The minimum absolute atomic E-state index is 0.00359. The van der Waals surface area contributed by atoms with Gasteiger partial charge in [0.25, 0.3) is 39.2 Å². The number of ketones is 1. The number of piperidine rings is 4. The Labute approximate surface area is 787 Å². The second-order valence-corrected chi connectivity index (χ2v) is 40.9. The van der Waals surface area contributed by atoms with Crippen molar-refractivity contribution < 1.29 is 121 Å². The molecule has 26 nitrogen and oxygen atoms in total. The predicted octanol–water partition coefficient (Wildman–Crippen LogP) is 16.0. The number of amides is 4. The number of likely N-dealkylation sites (N-methyl/N-ethyl adjacent to an activating group) is 4. The molecular weight excluding hydrogens is 1900 g/mol. The van der Waals surface area contributed by atoms with Gasteiger partial charge in [0.15, 0.2) is 21.3 Å². The number of halogens is 16. The molecule has 44 heteroatoms. The molecule has 4 spiro atoms. The maximum Gasteiger partial charge on any atom is 0.522 e. The number of Topliss-reactive ketones (excluding diaryl/α,β-unsaturated/α-hetero) is 1. The van der Waals surface area contributed by atoms with Crippen molar-refractivity contribution in [2.45, 2.75) is 198 Å². The first-order valence-corrected chi connectivity index (χ1v) is 48.2. The number of aryl methyl sites for hydroxylation is 1. The van der Waals surface area contributed by atoms with Gasteiger partial charge in [0, 0.05) is 144 Å². The van der Waals surface area contributed by atoms with Gasteiger partial charge in [-0.25, -0.2) is 21.8 Å². The number of likely N-dealkylation sites (tertiary alicyclic amines) is 4. The molecule has 1 atom stereocenters. The quantitative estimate of drug-likeness (QED) is 0.0495. The van der Waals surface area contributed by atoms with Crippen LogP contribution in [0.1, 0.15) is 171 Å². The highest BCUT2D eigenvalue weighted by Crippen LogP contribution is 2.52. The number of aromatic nitrogens is 5. The lowest BCUT2D eigenvalue weighted by Crippen LogP contribution is -2.59. The second-order valence-electron chi connectivity index (χ2n) is 36.0. The van der Waals surface area contributed by atoms with Gasteiger partial charge in [-0.1, -0.05) is 23.2 Å². The largest absolute Gasteiger partial charge is 0.522 e. The van der Waals surface area contributed by atoms with Gasteiger partial charge < -0.3 is 52.1 Å². The lowest BCUT2D eigenvalue weighted by Gasteiger charge is -2.53. The summed E-state index contributed by atoms with van der Waals surface area (Å²) in [4.78, 5) is 83.6. The zero-order valence-electron chi connectivity index (χ0n) is 75.9. The Morgan fingerprint density at radius 2 is 0.882 bits per heavy atom. The molecule has 1 saturated carbocycles. The number of nitrogens with zero attached hydrogens (tertiary/aromatic N) is 13. The summed E-state index contributed by atoms with van der Waals surface area (Å²) in [6, 6.07) is 30.5. The summed E-state index contributed by atoms with van der Waals surface area (Å²) in [6.07, 6.45) is -9.29. The van der Waals surface area contributed by atoms with E-state index in [1.165, 1.54) is 76.5 Å². The van der Waals surface area contributed by atoms with Crippen molar-refractivity contribution >= 4 is 72.3 Å². The first-order chi connectivity index (χ1) is 63.7. The summed E-state index contributed by atoms with van der Waals surface area (Å²) >= 11 is 12.8. The minimum atomic E-state index is -5.69. The summed E-state index contributed by atoms with van der Waals surface area (Å²) in [5.41, 5.74) is -3.26. The summed E-state index contributed by atoms with van der Waals surface area (Å²) in [5, 5.41) is 1.19. The normalized spacial score (nSPS) is 19.7. The number of hydrogen-bond donors (Lipinski definition) is 0. The summed E-state index contributed by atoms with van der Waals surface area (Å²) < 4.78 is 256. The molecule has 17 rings (SSSR count). The summed E-state index contributed by atoms with van der Waals surface area (Å²) in [7, 11) is 0.454. The van der Waals surface area contributed by atoms with E-state index >= 15 is 0 Å². The van der Waals surface area contributed by atoms with Gasteiger partial charge >= 0.3 is 30.1 Å². The maximum atomic E-state index is 14.2. The lowest BCUT2D eigenvalue weighted by molar-refractivity contribution is -0.325. The van der Waals surface area contributed by atoms with Crippen LogP contribution in [0, 0.1) is 6.92 Å². The topological polar surface area (TPSA) is 249 Å². The zero-order valence-corrected chi connectivity index (χ0v) is 79.1. The van der Waals surface area contributed by atoms with E-state index in [4.69, 9.17) is 37.4 Å². The molecule has 740 valence electrons. The van der Waals surface area contributed by atoms with E-state index in [0.717, 1.165) is 109 Å². The Hall–Kier alpha value is -9.82. The molecule has 5 aromatic heterocycles. The van der Waals surface area contributed by atoms with Gasteiger partial charge in [-0.3, -0.25) is 48.3 Å². The predicted molar refractivity (Wildman–Crippen MR) is 472 cm³/mol. The molecule has 0 N–H and O–H groups in total.